The first kappa shape index (κ1) is 21.6. The SMILES string of the molecule is CCOc1c(I)cc(/C=N\NC(F)(F)C(F)(F)C(F)(F)F)cc1OC. The van der Waals surface area contributed by atoms with E-state index in [2.05, 4.69) is 5.10 Å². The van der Waals surface area contributed by atoms with Gasteiger partial charge in [0, 0.05) is 0 Å². The van der Waals surface area contributed by atoms with E-state index in [1.165, 1.54) is 19.2 Å². The fourth-order valence-electron chi connectivity index (χ4n) is 1.53. The Balaban J connectivity index is 3.02. The molecule has 0 aromatic heterocycles. The Morgan fingerprint density at radius 3 is 2.24 bits per heavy atom. The molecule has 1 aromatic carbocycles. The van der Waals surface area contributed by atoms with E-state index in [4.69, 9.17) is 9.47 Å². The molecule has 12 heteroatoms. The highest BCUT2D eigenvalue weighted by Crippen LogP contribution is 2.45. The van der Waals surface area contributed by atoms with E-state index >= 15 is 0 Å². The summed E-state index contributed by atoms with van der Waals surface area (Å²) in [7, 11) is 1.31. The van der Waals surface area contributed by atoms with Crippen LogP contribution in [0.2, 0.25) is 0 Å². The van der Waals surface area contributed by atoms with Gasteiger partial charge in [0.1, 0.15) is 0 Å². The molecular weight excluding hydrogens is 476 g/mol. The van der Waals surface area contributed by atoms with Gasteiger partial charge in [-0.05, 0) is 47.2 Å². The van der Waals surface area contributed by atoms with E-state index in [1.807, 2.05) is 22.6 Å². The molecule has 0 amide bonds. The fraction of sp³-hybridized carbons (Fsp3) is 0.462. The summed E-state index contributed by atoms with van der Waals surface area (Å²) < 4.78 is 98.3. The lowest BCUT2D eigenvalue weighted by molar-refractivity contribution is -0.361. The molecule has 0 fully saturated rings. The molecule has 0 radical (unpaired) electrons. The first-order valence-electron chi connectivity index (χ1n) is 6.50. The summed E-state index contributed by atoms with van der Waals surface area (Å²) in [6.45, 7) is 2.04. The monoisotopic (exact) mass is 488 g/mol. The number of nitrogens with one attached hydrogen (secondary N) is 1. The van der Waals surface area contributed by atoms with Crippen LogP contribution < -0.4 is 14.9 Å². The second-order valence-corrected chi connectivity index (χ2v) is 5.65. The molecule has 0 unspecified atom stereocenters. The Kier molecular flexibility index (Phi) is 6.75. The fourth-order valence-corrected chi connectivity index (χ4v) is 2.32. The van der Waals surface area contributed by atoms with Crippen molar-refractivity contribution in [2.75, 3.05) is 13.7 Å². The largest absolute Gasteiger partial charge is 0.493 e. The van der Waals surface area contributed by atoms with E-state index in [0.29, 0.717) is 27.6 Å². The average molecular weight is 488 g/mol. The minimum Gasteiger partial charge on any atom is -0.493 e. The molecule has 1 N–H and O–H groups in total. The molecule has 25 heavy (non-hydrogen) atoms. The third-order valence-corrected chi connectivity index (χ3v) is 3.51. The van der Waals surface area contributed by atoms with Gasteiger partial charge in [0.2, 0.25) is 0 Å². The molecule has 0 aliphatic carbocycles. The molecule has 0 saturated heterocycles. The van der Waals surface area contributed by atoms with Gasteiger partial charge in [0.15, 0.2) is 11.5 Å². The minimum atomic E-state index is -6.43. The van der Waals surface area contributed by atoms with E-state index < -0.39 is 18.1 Å². The van der Waals surface area contributed by atoms with Crippen molar-refractivity contribution in [2.24, 2.45) is 5.10 Å². The van der Waals surface area contributed by atoms with Crippen LogP contribution in [0.4, 0.5) is 30.7 Å². The lowest BCUT2D eigenvalue weighted by atomic mass is 10.2. The van der Waals surface area contributed by atoms with E-state index in [0.717, 1.165) is 0 Å². The zero-order valence-corrected chi connectivity index (χ0v) is 14.9. The van der Waals surface area contributed by atoms with Gasteiger partial charge >= 0.3 is 18.1 Å². The van der Waals surface area contributed by atoms with Crippen LogP contribution in [0.15, 0.2) is 17.2 Å². The number of methoxy groups -OCH3 is 1. The third kappa shape index (κ3) is 4.79. The Labute approximate surface area is 151 Å². The van der Waals surface area contributed by atoms with Crippen LogP contribution >= 0.6 is 22.6 Å². The number of nitrogens with zero attached hydrogens (tertiary/aromatic N) is 1. The van der Waals surface area contributed by atoms with Crippen LogP contribution in [0.5, 0.6) is 11.5 Å². The maximum Gasteiger partial charge on any atom is 0.462 e. The van der Waals surface area contributed by atoms with Gasteiger partial charge in [-0.3, -0.25) is 0 Å². The highest BCUT2D eigenvalue weighted by Gasteiger charge is 2.73. The lowest BCUT2D eigenvalue weighted by Gasteiger charge is -2.27. The number of ether oxygens (including phenoxy) is 2. The number of hydrazone groups is 1. The van der Waals surface area contributed by atoms with Crippen LogP contribution in [-0.2, 0) is 0 Å². The van der Waals surface area contributed by atoms with Crippen molar-refractivity contribution in [3.63, 3.8) is 0 Å². The molecule has 142 valence electrons. The van der Waals surface area contributed by atoms with Crippen molar-refractivity contribution in [2.45, 2.75) is 25.1 Å². The lowest BCUT2D eigenvalue weighted by Crippen LogP contribution is -2.58. The smallest absolute Gasteiger partial charge is 0.462 e. The summed E-state index contributed by atoms with van der Waals surface area (Å²) in [6, 6.07) is -2.94. The Morgan fingerprint density at radius 2 is 1.76 bits per heavy atom. The van der Waals surface area contributed by atoms with Gasteiger partial charge in [-0.15, -0.1) is 0 Å². The zero-order valence-electron chi connectivity index (χ0n) is 12.7. The highest BCUT2D eigenvalue weighted by molar-refractivity contribution is 14.1. The van der Waals surface area contributed by atoms with Gasteiger partial charge in [-0.2, -0.15) is 35.8 Å². The summed E-state index contributed by atoms with van der Waals surface area (Å²) in [6.07, 6.45) is -5.78. The van der Waals surface area contributed by atoms with E-state index in [1.54, 1.807) is 6.92 Å². The van der Waals surface area contributed by atoms with Crippen molar-refractivity contribution < 1.29 is 40.2 Å². The molecule has 1 aromatic rings. The van der Waals surface area contributed by atoms with Crippen molar-refractivity contribution >= 4 is 28.8 Å². The van der Waals surface area contributed by atoms with Crippen LogP contribution in [0.3, 0.4) is 0 Å². The maximum absolute atomic E-state index is 13.0. The normalized spacial score (nSPS) is 13.2. The summed E-state index contributed by atoms with van der Waals surface area (Å²) in [4.78, 5) is 0. The van der Waals surface area contributed by atoms with Gasteiger partial charge < -0.3 is 9.47 Å². The Hall–Kier alpha value is -1.47. The number of benzene rings is 1. The van der Waals surface area contributed by atoms with Gasteiger partial charge in [0.25, 0.3) is 0 Å². The summed E-state index contributed by atoms with van der Waals surface area (Å²) in [5.74, 6) is -5.71. The molecule has 0 atom stereocenters. The van der Waals surface area contributed by atoms with Crippen molar-refractivity contribution in [3.8, 4) is 11.5 Å². The number of rotatable bonds is 7. The number of hydrogen-bond acceptors (Lipinski definition) is 4. The quantitative estimate of drug-likeness (QED) is 0.203. The minimum absolute atomic E-state index is 0.114. The summed E-state index contributed by atoms with van der Waals surface area (Å²) in [5, 5.41) is 2.78. The molecular formula is C13H12F7IN2O2. The molecule has 0 aliphatic rings. The van der Waals surface area contributed by atoms with Crippen molar-refractivity contribution in [1.29, 1.82) is 0 Å². The second kappa shape index (κ2) is 7.83. The number of halogens is 8. The van der Waals surface area contributed by atoms with Gasteiger partial charge in [-0.1, -0.05) is 0 Å². The molecule has 0 bridgehead atoms. The molecule has 0 heterocycles. The third-order valence-electron chi connectivity index (χ3n) is 2.71. The number of hydrogen-bond donors (Lipinski definition) is 1. The van der Waals surface area contributed by atoms with Crippen LogP contribution in [-0.4, -0.2) is 38.1 Å². The van der Waals surface area contributed by atoms with Crippen LogP contribution in [0, 0.1) is 3.57 Å². The van der Waals surface area contributed by atoms with Crippen LogP contribution in [0.1, 0.15) is 12.5 Å². The number of alkyl halides is 7. The van der Waals surface area contributed by atoms with E-state index in [9.17, 15) is 30.7 Å². The topological polar surface area (TPSA) is 42.8 Å². The van der Waals surface area contributed by atoms with Crippen LogP contribution in [0.25, 0.3) is 0 Å². The maximum atomic E-state index is 13.0. The first-order chi connectivity index (χ1) is 11.4. The summed E-state index contributed by atoms with van der Waals surface area (Å²) in [5.41, 5.74) is 0.657. The summed E-state index contributed by atoms with van der Waals surface area (Å²) >= 11 is 1.85. The molecule has 0 aliphatic heterocycles. The zero-order chi connectivity index (χ0) is 19.5. The molecule has 1 rings (SSSR count). The van der Waals surface area contributed by atoms with E-state index in [-0.39, 0.29) is 11.3 Å². The molecule has 0 spiro atoms. The average Bonchev–Trinajstić information content (AvgIpc) is 2.48. The Bertz CT molecular complexity index is 636. The van der Waals surface area contributed by atoms with Crippen molar-refractivity contribution in [1.82, 2.24) is 5.43 Å². The molecule has 0 saturated carbocycles. The highest BCUT2D eigenvalue weighted by atomic mass is 127. The Morgan fingerprint density at radius 1 is 1.16 bits per heavy atom. The predicted molar refractivity (Wildman–Crippen MR) is 83.6 cm³/mol. The standard InChI is InChI=1S/C13H12F7IN2O2/c1-3-25-10-8(21)4-7(5-9(10)24-2)6-22-23-13(19,20)11(14,15)12(16,17)18/h4-6,23H,3H2,1-2H3/b22-6-. The van der Waals surface area contributed by atoms with Gasteiger partial charge in [0.05, 0.1) is 23.5 Å². The second-order valence-electron chi connectivity index (χ2n) is 4.48. The molecule has 4 nitrogen and oxygen atoms in total. The van der Waals surface area contributed by atoms with Gasteiger partial charge in [-0.25, -0.2) is 5.43 Å². The first-order valence-corrected chi connectivity index (χ1v) is 7.58. The predicted octanol–water partition coefficient (Wildman–Crippen LogP) is 4.41. The van der Waals surface area contributed by atoms with Crippen molar-refractivity contribution in [3.05, 3.63) is 21.3 Å².